The second-order valence-corrected chi connectivity index (χ2v) is 5.54. The molecule has 3 rings (SSSR count). The van der Waals surface area contributed by atoms with E-state index in [1.54, 1.807) is 36.7 Å². The normalized spacial score (nSPS) is 10.2. The number of nitriles is 1. The highest BCUT2D eigenvalue weighted by Crippen LogP contribution is 2.30. The highest BCUT2D eigenvalue weighted by atomic mass is 35.5. The van der Waals surface area contributed by atoms with Gasteiger partial charge >= 0.3 is 5.97 Å². The summed E-state index contributed by atoms with van der Waals surface area (Å²) in [6.07, 6.45) is 4.65. The Bertz CT molecular complexity index is 995. The summed E-state index contributed by atoms with van der Waals surface area (Å²) in [5.74, 6) is -0.205. The third kappa shape index (κ3) is 3.63. The highest BCUT2D eigenvalue weighted by Gasteiger charge is 2.17. The van der Waals surface area contributed by atoms with E-state index >= 15 is 0 Å². The van der Waals surface area contributed by atoms with Gasteiger partial charge < -0.3 is 10.1 Å². The molecule has 0 aliphatic carbocycles. The van der Waals surface area contributed by atoms with Crippen LogP contribution in [0.1, 0.15) is 10.4 Å². The third-order valence-corrected chi connectivity index (χ3v) is 3.73. The van der Waals surface area contributed by atoms with Gasteiger partial charge in [0.1, 0.15) is 6.54 Å². The van der Waals surface area contributed by atoms with Crippen LogP contribution in [0.4, 0.5) is 11.6 Å². The van der Waals surface area contributed by atoms with Crippen molar-refractivity contribution in [2.24, 2.45) is 0 Å². The van der Waals surface area contributed by atoms with Crippen LogP contribution in [0.25, 0.3) is 11.3 Å². The van der Waals surface area contributed by atoms with Gasteiger partial charge in [0, 0.05) is 11.8 Å². The minimum atomic E-state index is -0.484. The zero-order valence-electron chi connectivity index (χ0n) is 13.7. The van der Waals surface area contributed by atoms with Crippen LogP contribution < -0.4 is 5.32 Å². The lowest BCUT2D eigenvalue weighted by Crippen LogP contribution is -2.05. The van der Waals surface area contributed by atoms with E-state index in [1.165, 1.54) is 18.0 Å². The van der Waals surface area contributed by atoms with Gasteiger partial charge in [-0.05, 0) is 6.07 Å². The maximum absolute atomic E-state index is 12.0. The maximum atomic E-state index is 12.0. The summed E-state index contributed by atoms with van der Waals surface area (Å²) in [4.78, 5) is 20.5. The molecule has 0 fully saturated rings. The molecule has 0 aliphatic rings. The second kappa shape index (κ2) is 7.63. The van der Waals surface area contributed by atoms with Crippen LogP contribution in [0.2, 0.25) is 5.02 Å². The first kappa shape index (κ1) is 17.4. The van der Waals surface area contributed by atoms with Gasteiger partial charge in [-0.25, -0.2) is 14.8 Å². The number of halogens is 1. The first-order valence-corrected chi connectivity index (χ1v) is 7.87. The Balaban J connectivity index is 1.96. The lowest BCUT2D eigenvalue weighted by molar-refractivity contribution is 0.0601. The van der Waals surface area contributed by atoms with E-state index in [2.05, 4.69) is 20.4 Å². The van der Waals surface area contributed by atoms with Gasteiger partial charge in [-0.2, -0.15) is 10.4 Å². The molecule has 0 saturated carbocycles. The van der Waals surface area contributed by atoms with Gasteiger partial charge in [-0.15, -0.1) is 0 Å². The van der Waals surface area contributed by atoms with Crippen molar-refractivity contribution in [1.29, 1.82) is 5.26 Å². The molecule has 0 aliphatic heterocycles. The van der Waals surface area contributed by atoms with Gasteiger partial charge in [0.15, 0.2) is 0 Å². The fourth-order valence-electron chi connectivity index (χ4n) is 2.31. The van der Waals surface area contributed by atoms with Crippen LogP contribution in [0.3, 0.4) is 0 Å². The number of ether oxygens (including phenoxy) is 1. The van der Waals surface area contributed by atoms with Gasteiger partial charge in [0.25, 0.3) is 0 Å². The zero-order valence-corrected chi connectivity index (χ0v) is 14.4. The van der Waals surface area contributed by atoms with Crippen LogP contribution in [0.5, 0.6) is 0 Å². The Morgan fingerprint density at radius 1 is 1.38 bits per heavy atom. The van der Waals surface area contributed by atoms with Crippen molar-refractivity contribution in [3.05, 3.63) is 53.4 Å². The van der Waals surface area contributed by atoms with Crippen molar-refractivity contribution in [3.8, 4) is 17.3 Å². The molecule has 8 nitrogen and oxygen atoms in total. The average Bonchev–Trinajstić information content (AvgIpc) is 3.10. The molecule has 0 unspecified atom stereocenters. The molecule has 0 spiro atoms. The molecule has 2 heterocycles. The molecule has 0 amide bonds. The predicted octanol–water partition coefficient (Wildman–Crippen LogP) is 3.05. The van der Waals surface area contributed by atoms with Gasteiger partial charge in [-0.1, -0.05) is 29.8 Å². The van der Waals surface area contributed by atoms with E-state index in [-0.39, 0.29) is 12.5 Å². The van der Waals surface area contributed by atoms with Crippen molar-refractivity contribution in [2.75, 3.05) is 12.4 Å². The molecule has 1 N–H and O–H groups in total. The molecule has 2 aromatic heterocycles. The molecule has 0 saturated heterocycles. The lowest BCUT2D eigenvalue weighted by Gasteiger charge is -2.10. The number of nitrogens with one attached hydrogen (secondary N) is 1. The second-order valence-electron chi connectivity index (χ2n) is 5.14. The Kier molecular flexibility index (Phi) is 5.10. The number of carbonyl (C=O) groups excluding carboxylic acids is 1. The number of hydrogen-bond acceptors (Lipinski definition) is 7. The fourth-order valence-corrected chi connectivity index (χ4v) is 2.50. The number of nitrogens with zero attached hydrogens (tertiary/aromatic N) is 5. The van der Waals surface area contributed by atoms with Crippen LogP contribution >= 0.6 is 11.6 Å². The van der Waals surface area contributed by atoms with Gasteiger partial charge in [-0.3, -0.25) is 4.68 Å². The van der Waals surface area contributed by atoms with Crippen molar-refractivity contribution in [2.45, 2.75) is 6.54 Å². The first-order chi connectivity index (χ1) is 12.6. The molecular weight excluding hydrogens is 356 g/mol. The lowest BCUT2D eigenvalue weighted by atomic mass is 10.0. The number of benzene rings is 1. The summed E-state index contributed by atoms with van der Waals surface area (Å²) in [7, 11) is 1.31. The minimum absolute atomic E-state index is 0.140. The van der Waals surface area contributed by atoms with E-state index in [0.29, 0.717) is 27.5 Å². The van der Waals surface area contributed by atoms with Crippen LogP contribution in [-0.4, -0.2) is 32.8 Å². The fraction of sp³-hybridized carbons (Fsp3) is 0.118. The van der Waals surface area contributed by atoms with E-state index in [1.807, 2.05) is 6.07 Å². The van der Waals surface area contributed by atoms with Crippen molar-refractivity contribution >= 4 is 29.2 Å². The number of methoxy groups -OCH3 is 1. The molecule has 0 radical (unpaired) electrons. The molecule has 9 heteroatoms. The van der Waals surface area contributed by atoms with Crippen molar-refractivity contribution in [1.82, 2.24) is 19.7 Å². The van der Waals surface area contributed by atoms with Crippen LogP contribution in [0.15, 0.2) is 42.9 Å². The van der Waals surface area contributed by atoms with Crippen molar-refractivity contribution < 1.29 is 9.53 Å². The first-order valence-electron chi connectivity index (χ1n) is 7.49. The quantitative estimate of drug-likeness (QED) is 0.690. The molecule has 130 valence electrons. The Morgan fingerprint density at radius 3 is 2.96 bits per heavy atom. The van der Waals surface area contributed by atoms with E-state index in [0.717, 1.165) is 0 Å². The van der Waals surface area contributed by atoms with Crippen molar-refractivity contribution in [3.63, 3.8) is 0 Å². The summed E-state index contributed by atoms with van der Waals surface area (Å²) in [5.41, 5.74) is 1.91. The number of carbonyl (C=O) groups is 1. The molecule has 0 atom stereocenters. The number of aromatic nitrogens is 4. The third-order valence-electron chi connectivity index (χ3n) is 3.45. The number of anilines is 2. The summed E-state index contributed by atoms with van der Waals surface area (Å²) >= 11 is 6.24. The van der Waals surface area contributed by atoms with E-state index in [4.69, 9.17) is 21.6 Å². The number of esters is 1. The Hall–Kier alpha value is -3.44. The summed E-state index contributed by atoms with van der Waals surface area (Å²) in [6, 6.07) is 8.88. The van der Waals surface area contributed by atoms with E-state index < -0.39 is 5.97 Å². The van der Waals surface area contributed by atoms with Crippen LogP contribution in [-0.2, 0) is 11.3 Å². The average molecular weight is 369 g/mol. The summed E-state index contributed by atoms with van der Waals surface area (Å²) in [6.45, 7) is 0.140. The molecule has 26 heavy (non-hydrogen) atoms. The smallest absolute Gasteiger partial charge is 0.338 e. The Morgan fingerprint density at radius 2 is 2.19 bits per heavy atom. The largest absolute Gasteiger partial charge is 0.465 e. The monoisotopic (exact) mass is 368 g/mol. The highest BCUT2D eigenvalue weighted by molar-refractivity contribution is 6.33. The van der Waals surface area contributed by atoms with Gasteiger partial charge in [0.2, 0.25) is 5.95 Å². The Labute approximate surface area is 154 Å². The summed E-state index contributed by atoms with van der Waals surface area (Å²) < 4.78 is 6.29. The maximum Gasteiger partial charge on any atom is 0.338 e. The van der Waals surface area contributed by atoms with Crippen LogP contribution in [0, 0.1) is 11.3 Å². The van der Waals surface area contributed by atoms with E-state index in [9.17, 15) is 4.79 Å². The molecule has 1 aromatic carbocycles. The predicted molar refractivity (Wildman–Crippen MR) is 94.9 cm³/mol. The molecular formula is C17H13ClN6O2. The molecule has 0 bridgehead atoms. The zero-order chi connectivity index (χ0) is 18.5. The molecule has 3 aromatic rings. The topological polar surface area (TPSA) is 106 Å². The standard InChI is InChI=1S/C17H13ClN6O2/c1-26-16(25)13-5-3-2-4-12(13)15-14(18)9-20-17(23-15)22-11-8-21-24(10-11)7-6-19/h2-5,8-10H,7H2,1H3,(H,20,22,23). The number of hydrogen-bond donors (Lipinski definition) is 1. The van der Waals surface area contributed by atoms with Gasteiger partial charge in [0.05, 0.1) is 47.5 Å². The summed E-state index contributed by atoms with van der Waals surface area (Å²) in [5, 5.41) is 16.0. The minimum Gasteiger partial charge on any atom is -0.465 e. The number of rotatable bonds is 5. The SMILES string of the molecule is COC(=O)c1ccccc1-c1nc(Nc2cnn(CC#N)c2)ncc1Cl.